The number of aliphatic carboxylic acids is 1. The number of carboxylic acid groups (broad SMARTS) is 1. The number of hydrogen-bond donors (Lipinski definition) is 1. The fraction of sp³-hybridized carbons (Fsp3) is 0.733. The summed E-state index contributed by atoms with van der Waals surface area (Å²) in [5.41, 5.74) is 0. The number of rotatable bonds is 5. The zero-order valence-electron chi connectivity index (χ0n) is 11.4. The number of piperidine rings is 1. The molecule has 2 atom stereocenters. The van der Waals surface area contributed by atoms with Crippen LogP contribution in [0.25, 0.3) is 0 Å². The van der Waals surface area contributed by atoms with Crippen molar-refractivity contribution >= 4 is 11.9 Å². The van der Waals surface area contributed by atoms with Crippen LogP contribution in [0, 0.1) is 11.8 Å². The van der Waals surface area contributed by atoms with Crippen molar-refractivity contribution in [3.8, 4) is 0 Å². The molecule has 1 aliphatic heterocycles. The Bertz CT molecular complexity index is 364. The highest BCUT2D eigenvalue weighted by molar-refractivity contribution is 5.76. The molecule has 4 nitrogen and oxygen atoms in total. The minimum Gasteiger partial charge on any atom is -0.481 e. The Hall–Kier alpha value is -1.32. The van der Waals surface area contributed by atoms with Gasteiger partial charge in [0, 0.05) is 25.9 Å². The minimum absolute atomic E-state index is 0.220. The van der Waals surface area contributed by atoms with Crippen molar-refractivity contribution in [3.05, 3.63) is 12.2 Å². The van der Waals surface area contributed by atoms with Gasteiger partial charge in [-0.2, -0.15) is 0 Å². The van der Waals surface area contributed by atoms with Crippen LogP contribution < -0.4 is 0 Å². The monoisotopic (exact) mass is 265 g/mol. The van der Waals surface area contributed by atoms with Gasteiger partial charge in [-0.15, -0.1) is 0 Å². The van der Waals surface area contributed by atoms with E-state index < -0.39 is 5.97 Å². The summed E-state index contributed by atoms with van der Waals surface area (Å²) in [6.07, 6.45) is 10.1. The van der Waals surface area contributed by atoms with E-state index in [1.807, 2.05) is 4.90 Å². The molecule has 0 radical (unpaired) electrons. The fourth-order valence-corrected chi connectivity index (χ4v) is 3.07. The quantitative estimate of drug-likeness (QED) is 0.777. The van der Waals surface area contributed by atoms with Crippen LogP contribution in [-0.4, -0.2) is 35.0 Å². The van der Waals surface area contributed by atoms with Gasteiger partial charge in [-0.25, -0.2) is 0 Å². The first-order chi connectivity index (χ1) is 9.15. The molecule has 2 rings (SSSR count). The van der Waals surface area contributed by atoms with Gasteiger partial charge >= 0.3 is 5.97 Å². The van der Waals surface area contributed by atoms with Gasteiger partial charge < -0.3 is 10.0 Å². The molecule has 1 saturated heterocycles. The second kappa shape index (κ2) is 6.73. The predicted molar refractivity (Wildman–Crippen MR) is 72.7 cm³/mol. The summed E-state index contributed by atoms with van der Waals surface area (Å²) in [6.45, 7) is 1.60. The molecule has 1 heterocycles. The molecule has 1 N–H and O–H groups in total. The van der Waals surface area contributed by atoms with Crippen molar-refractivity contribution in [2.75, 3.05) is 13.1 Å². The third kappa shape index (κ3) is 4.37. The van der Waals surface area contributed by atoms with Crippen LogP contribution in [0.15, 0.2) is 12.2 Å². The molecule has 0 aromatic rings. The summed E-state index contributed by atoms with van der Waals surface area (Å²) in [5, 5.41) is 8.72. The number of carboxylic acids is 1. The zero-order chi connectivity index (χ0) is 13.7. The van der Waals surface area contributed by atoms with E-state index in [-0.39, 0.29) is 12.3 Å². The molecule has 0 aromatic heterocycles. The van der Waals surface area contributed by atoms with Crippen LogP contribution in [0.4, 0.5) is 0 Å². The van der Waals surface area contributed by atoms with E-state index >= 15 is 0 Å². The predicted octanol–water partition coefficient (Wildman–Crippen LogP) is 2.45. The van der Waals surface area contributed by atoms with E-state index in [1.165, 1.54) is 0 Å². The summed E-state index contributed by atoms with van der Waals surface area (Å²) < 4.78 is 0. The number of nitrogens with zero attached hydrogens (tertiary/aromatic N) is 1. The van der Waals surface area contributed by atoms with Gasteiger partial charge in [0.15, 0.2) is 0 Å². The van der Waals surface area contributed by atoms with Crippen LogP contribution in [0.5, 0.6) is 0 Å². The van der Waals surface area contributed by atoms with Crippen LogP contribution in [-0.2, 0) is 9.59 Å². The molecular weight excluding hydrogens is 242 g/mol. The third-order valence-electron chi connectivity index (χ3n) is 4.19. The molecule has 2 aliphatic rings. The van der Waals surface area contributed by atoms with Gasteiger partial charge in [0.05, 0.1) is 0 Å². The summed E-state index contributed by atoms with van der Waals surface area (Å²) in [5.74, 6) is 0.302. The molecule has 0 saturated carbocycles. The molecule has 1 amide bonds. The first-order valence-electron chi connectivity index (χ1n) is 7.31. The average Bonchev–Trinajstić information content (AvgIpc) is 2.89. The molecule has 0 bridgehead atoms. The third-order valence-corrected chi connectivity index (χ3v) is 4.19. The zero-order valence-corrected chi connectivity index (χ0v) is 11.4. The summed E-state index contributed by atoms with van der Waals surface area (Å²) in [7, 11) is 0. The maximum Gasteiger partial charge on any atom is 0.303 e. The molecule has 0 spiro atoms. The summed E-state index contributed by atoms with van der Waals surface area (Å²) in [6, 6.07) is 0. The van der Waals surface area contributed by atoms with Gasteiger partial charge in [-0.05, 0) is 43.9 Å². The molecule has 4 heteroatoms. The van der Waals surface area contributed by atoms with Crippen molar-refractivity contribution in [2.45, 2.75) is 44.9 Å². The largest absolute Gasteiger partial charge is 0.481 e. The van der Waals surface area contributed by atoms with Crippen LogP contribution in [0.2, 0.25) is 0 Å². The Morgan fingerprint density at radius 1 is 1.32 bits per heavy atom. The lowest BCUT2D eigenvalue weighted by Crippen LogP contribution is -2.40. The van der Waals surface area contributed by atoms with E-state index in [2.05, 4.69) is 12.2 Å². The molecule has 1 fully saturated rings. The van der Waals surface area contributed by atoms with E-state index in [0.717, 1.165) is 38.8 Å². The topological polar surface area (TPSA) is 57.6 Å². The van der Waals surface area contributed by atoms with Crippen molar-refractivity contribution in [3.63, 3.8) is 0 Å². The van der Waals surface area contributed by atoms with Crippen molar-refractivity contribution < 1.29 is 14.7 Å². The molecule has 106 valence electrons. The first kappa shape index (κ1) is 14.1. The Morgan fingerprint density at radius 3 is 2.84 bits per heavy atom. The Kier molecular flexibility index (Phi) is 5.00. The highest BCUT2D eigenvalue weighted by Crippen LogP contribution is 2.25. The average molecular weight is 265 g/mol. The van der Waals surface area contributed by atoms with E-state index in [0.29, 0.717) is 24.7 Å². The lowest BCUT2D eigenvalue weighted by atomic mass is 9.92. The number of carbonyl (C=O) groups is 2. The SMILES string of the molecule is O=C(O)CC[C@H]1CCCN(C(=O)C[C@@H]2C=CCC2)C1. The lowest BCUT2D eigenvalue weighted by molar-refractivity contribution is -0.137. The smallest absolute Gasteiger partial charge is 0.303 e. The number of carbonyl (C=O) groups excluding carboxylic acids is 1. The van der Waals surface area contributed by atoms with Crippen molar-refractivity contribution in [2.24, 2.45) is 11.8 Å². The normalized spacial score (nSPS) is 26.6. The second-order valence-electron chi connectivity index (χ2n) is 5.75. The van der Waals surface area contributed by atoms with Crippen LogP contribution in [0.3, 0.4) is 0 Å². The molecular formula is C15H23NO3. The van der Waals surface area contributed by atoms with Crippen molar-refractivity contribution in [1.82, 2.24) is 4.90 Å². The highest BCUT2D eigenvalue weighted by Gasteiger charge is 2.25. The van der Waals surface area contributed by atoms with Gasteiger partial charge in [0.1, 0.15) is 0 Å². The van der Waals surface area contributed by atoms with E-state index in [1.54, 1.807) is 0 Å². The molecule has 1 aliphatic carbocycles. The van der Waals surface area contributed by atoms with Gasteiger partial charge in [-0.1, -0.05) is 12.2 Å². The lowest BCUT2D eigenvalue weighted by Gasteiger charge is -2.33. The van der Waals surface area contributed by atoms with Gasteiger partial charge in [0.2, 0.25) is 5.91 Å². The molecule has 0 aromatic carbocycles. The Labute approximate surface area is 114 Å². The summed E-state index contributed by atoms with van der Waals surface area (Å²) >= 11 is 0. The van der Waals surface area contributed by atoms with Crippen LogP contribution >= 0.6 is 0 Å². The Morgan fingerprint density at radius 2 is 2.16 bits per heavy atom. The van der Waals surface area contributed by atoms with E-state index in [4.69, 9.17) is 5.11 Å². The number of likely N-dealkylation sites (tertiary alicyclic amines) is 1. The highest BCUT2D eigenvalue weighted by atomic mass is 16.4. The fourth-order valence-electron chi connectivity index (χ4n) is 3.07. The van der Waals surface area contributed by atoms with Gasteiger partial charge in [-0.3, -0.25) is 9.59 Å². The molecule has 0 unspecified atom stereocenters. The Balaban J connectivity index is 1.77. The summed E-state index contributed by atoms with van der Waals surface area (Å²) in [4.78, 5) is 24.8. The van der Waals surface area contributed by atoms with Gasteiger partial charge in [0.25, 0.3) is 0 Å². The van der Waals surface area contributed by atoms with E-state index in [9.17, 15) is 9.59 Å². The number of allylic oxidation sites excluding steroid dienone is 2. The maximum atomic E-state index is 12.2. The molecule has 19 heavy (non-hydrogen) atoms. The van der Waals surface area contributed by atoms with Crippen molar-refractivity contribution in [1.29, 1.82) is 0 Å². The maximum absolute atomic E-state index is 12.2. The second-order valence-corrected chi connectivity index (χ2v) is 5.75. The first-order valence-corrected chi connectivity index (χ1v) is 7.31. The standard InChI is InChI=1S/C15H23NO3/c17-14(10-12-4-1-2-5-12)16-9-3-6-13(11-16)7-8-15(18)19/h1,4,12-13H,2-3,5-11H2,(H,18,19)/t12-,13-/m1/s1. The minimum atomic E-state index is -0.737. The number of amides is 1. The van der Waals surface area contributed by atoms with Crippen LogP contribution in [0.1, 0.15) is 44.9 Å². The number of hydrogen-bond acceptors (Lipinski definition) is 2.